The van der Waals surface area contributed by atoms with Gasteiger partial charge in [0.2, 0.25) is 0 Å². The lowest BCUT2D eigenvalue weighted by molar-refractivity contribution is 0.0718. The summed E-state index contributed by atoms with van der Waals surface area (Å²) >= 11 is 1.89. The molecule has 114 valence electrons. The van der Waals surface area contributed by atoms with Crippen molar-refractivity contribution in [2.24, 2.45) is 0 Å². The number of para-hydroxylation sites is 1. The van der Waals surface area contributed by atoms with Crippen LogP contribution >= 0.6 is 11.8 Å². The zero-order chi connectivity index (χ0) is 15.4. The molecule has 3 aromatic rings. The van der Waals surface area contributed by atoms with Crippen LogP contribution in [0, 0.1) is 0 Å². The second kappa shape index (κ2) is 4.65. The molecule has 3 nitrogen and oxygen atoms in total. The fourth-order valence-corrected chi connectivity index (χ4v) is 5.53. The van der Waals surface area contributed by atoms with Crippen LogP contribution in [0.4, 0.5) is 0 Å². The third kappa shape index (κ3) is 1.59. The Hall–Kier alpha value is -2.20. The lowest BCUT2D eigenvalue weighted by Crippen LogP contribution is -2.45. The van der Waals surface area contributed by atoms with Crippen molar-refractivity contribution < 1.29 is 4.79 Å². The Morgan fingerprint density at radius 1 is 1.04 bits per heavy atom. The van der Waals surface area contributed by atoms with Crippen molar-refractivity contribution in [2.45, 2.75) is 11.3 Å². The Bertz CT molecular complexity index is 932. The van der Waals surface area contributed by atoms with E-state index < -0.39 is 0 Å². The van der Waals surface area contributed by atoms with Crippen molar-refractivity contribution >= 4 is 28.6 Å². The summed E-state index contributed by atoms with van der Waals surface area (Å²) in [6.07, 6.45) is 3.14. The van der Waals surface area contributed by atoms with Crippen LogP contribution in [-0.4, -0.2) is 28.1 Å². The summed E-state index contributed by atoms with van der Waals surface area (Å²) in [7, 11) is 0. The molecule has 0 saturated carbocycles. The minimum Gasteiger partial charge on any atom is -0.361 e. The molecule has 2 aromatic carbocycles. The molecule has 1 atom stereocenters. The first-order valence-corrected chi connectivity index (χ1v) is 8.93. The number of fused-ring (bicyclic) bond motifs is 4. The van der Waals surface area contributed by atoms with E-state index in [4.69, 9.17) is 0 Å². The monoisotopic (exact) mass is 320 g/mol. The van der Waals surface area contributed by atoms with Crippen molar-refractivity contribution in [2.75, 3.05) is 12.3 Å². The van der Waals surface area contributed by atoms with Crippen molar-refractivity contribution in [3.05, 3.63) is 71.4 Å². The third-order valence-corrected chi connectivity index (χ3v) is 6.51. The highest BCUT2D eigenvalue weighted by molar-refractivity contribution is 8.00. The summed E-state index contributed by atoms with van der Waals surface area (Å²) in [5.74, 6) is 1.23. The Kier molecular flexibility index (Phi) is 2.68. The van der Waals surface area contributed by atoms with Gasteiger partial charge in [0.15, 0.2) is 0 Å². The van der Waals surface area contributed by atoms with Crippen LogP contribution in [0.2, 0.25) is 0 Å². The SMILES string of the molecule is O=C1c2ccccc2C2(c3c[nH]c4ccccc34)SCCCN12. The highest BCUT2D eigenvalue weighted by atomic mass is 32.2. The molecule has 0 bridgehead atoms. The number of nitrogens with zero attached hydrogens (tertiary/aromatic N) is 1. The molecule has 0 spiro atoms. The van der Waals surface area contributed by atoms with Gasteiger partial charge < -0.3 is 9.88 Å². The number of hydrogen-bond acceptors (Lipinski definition) is 2. The number of benzene rings is 2. The van der Waals surface area contributed by atoms with E-state index in [0.29, 0.717) is 0 Å². The predicted octanol–water partition coefficient (Wildman–Crippen LogP) is 3.96. The predicted molar refractivity (Wildman–Crippen MR) is 93.6 cm³/mol. The standard InChI is InChI=1S/C19H16N2OS/c22-18-14-7-1-3-8-15(14)19(21(18)10-5-11-23-19)16-12-20-17-9-4-2-6-13(16)17/h1-4,6-9,12,20H,5,10-11H2. The highest BCUT2D eigenvalue weighted by Gasteiger charge is 2.53. The average molecular weight is 320 g/mol. The van der Waals surface area contributed by atoms with E-state index in [-0.39, 0.29) is 10.8 Å². The maximum Gasteiger partial charge on any atom is 0.255 e. The first kappa shape index (κ1) is 13.3. The van der Waals surface area contributed by atoms with E-state index >= 15 is 0 Å². The lowest BCUT2D eigenvalue weighted by Gasteiger charge is -2.42. The number of nitrogens with one attached hydrogen (secondary N) is 1. The molecule has 0 radical (unpaired) electrons. The van der Waals surface area contributed by atoms with Gasteiger partial charge in [-0.1, -0.05) is 36.4 Å². The number of rotatable bonds is 1. The molecule has 1 N–H and O–H groups in total. The summed E-state index contributed by atoms with van der Waals surface area (Å²) in [6, 6.07) is 16.4. The van der Waals surface area contributed by atoms with Crippen LogP contribution in [0.25, 0.3) is 10.9 Å². The quantitative estimate of drug-likeness (QED) is 0.736. The topological polar surface area (TPSA) is 36.1 Å². The third-order valence-electron chi connectivity index (χ3n) is 4.94. The first-order chi connectivity index (χ1) is 11.3. The summed E-state index contributed by atoms with van der Waals surface area (Å²) < 4.78 is 0. The van der Waals surface area contributed by atoms with Gasteiger partial charge >= 0.3 is 0 Å². The van der Waals surface area contributed by atoms with E-state index in [1.807, 2.05) is 36.0 Å². The number of amides is 1. The molecule has 4 heteroatoms. The maximum absolute atomic E-state index is 13.0. The zero-order valence-corrected chi connectivity index (χ0v) is 13.4. The fraction of sp³-hybridized carbons (Fsp3) is 0.211. The molecule has 1 amide bonds. The number of aromatic amines is 1. The Labute approximate surface area is 138 Å². The second-order valence-electron chi connectivity index (χ2n) is 6.10. The molecule has 2 aliphatic rings. The van der Waals surface area contributed by atoms with Crippen LogP contribution in [0.1, 0.15) is 27.9 Å². The number of H-pyrrole nitrogens is 1. The van der Waals surface area contributed by atoms with Crippen LogP contribution in [0.15, 0.2) is 54.7 Å². The zero-order valence-electron chi connectivity index (χ0n) is 12.6. The molecule has 1 unspecified atom stereocenters. The van der Waals surface area contributed by atoms with Gasteiger partial charge in [-0.3, -0.25) is 4.79 Å². The van der Waals surface area contributed by atoms with E-state index in [2.05, 4.69) is 40.3 Å². The molecule has 1 fully saturated rings. The minimum atomic E-state index is -0.383. The van der Waals surface area contributed by atoms with Gasteiger partial charge in [-0.15, -0.1) is 11.8 Å². The number of carbonyl (C=O) groups is 1. The molecular formula is C19H16N2OS. The van der Waals surface area contributed by atoms with Gasteiger partial charge in [0.25, 0.3) is 5.91 Å². The smallest absolute Gasteiger partial charge is 0.255 e. The Morgan fingerprint density at radius 2 is 1.87 bits per heavy atom. The molecular weight excluding hydrogens is 304 g/mol. The van der Waals surface area contributed by atoms with E-state index in [1.165, 1.54) is 10.9 Å². The molecule has 3 heterocycles. The summed E-state index contributed by atoms with van der Waals surface area (Å²) in [4.78, 5) is 18.0. The second-order valence-corrected chi connectivity index (χ2v) is 7.38. The first-order valence-electron chi connectivity index (χ1n) is 7.94. The van der Waals surface area contributed by atoms with Crippen LogP contribution in [0.3, 0.4) is 0 Å². The van der Waals surface area contributed by atoms with Gasteiger partial charge in [0.05, 0.1) is 0 Å². The molecule has 1 saturated heterocycles. The minimum absolute atomic E-state index is 0.165. The number of aromatic nitrogens is 1. The van der Waals surface area contributed by atoms with Crippen LogP contribution in [-0.2, 0) is 4.87 Å². The van der Waals surface area contributed by atoms with E-state index in [1.54, 1.807) is 0 Å². The molecule has 1 aromatic heterocycles. The van der Waals surface area contributed by atoms with E-state index in [0.717, 1.165) is 35.4 Å². The van der Waals surface area contributed by atoms with Crippen LogP contribution < -0.4 is 0 Å². The normalized spacial score (nSPS) is 23.1. The molecule has 23 heavy (non-hydrogen) atoms. The van der Waals surface area contributed by atoms with Crippen molar-refractivity contribution in [1.29, 1.82) is 0 Å². The summed E-state index contributed by atoms with van der Waals surface area (Å²) in [5.41, 5.74) is 4.32. The van der Waals surface area contributed by atoms with Gasteiger partial charge in [0, 0.05) is 40.3 Å². The average Bonchev–Trinajstić information content (AvgIpc) is 3.15. The van der Waals surface area contributed by atoms with Crippen LogP contribution in [0.5, 0.6) is 0 Å². The number of hydrogen-bond donors (Lipinski definition) is 1. The number of thioether (sulfide) groups is 1. The van der Waals surface area contributed by atoms with Gasteiger partial charge in [-0.2, -0.15) is 0 Å². The van der Waals surface area contributed by atoms with E-state index in [9.17, 15) is 4.79 Å². The Balaban J connectivity index is 1.86. The van der Waals surface area contributed by atoms with Crippen molar-refractivity contribution in [3.63, 3.8) is 0 Å². The molecule has 2 aliphatic heterocycles. The van der Waals surface area contributed by atoms with Gasteiger partial charge in [-0.05, 0) is 24.3 Å². The fourth-order valence-electron chi connectivity index (χ4n) is 3.98. The highest BCUT2D eigenvalue weighted by Crippen LogP contribution is 2.55. The maximum atomic E-state index is 13.0. The van der Waals surface area contributed by atoms with Crippen molar-refractivity contribution in [3.8, 4) is 0 Å². The molecule has 5 rings (SSSR count). The summed E-state index contributed by atoms with van der Waals surface area (Å²) in [5, 5.41) is 1.21. The lowest BCUT2D eigenvalue weighted by atomic mass is 9.96. The Morgan fingerprint density at radius 3 is 2.83 bits per heavy atom. The number of carbonyl (C=O) groups excluding carboxylic acids is 1. The largest absolute Gasteiger partial charge is 0.361 e. The summed E-state index contributed by atoms with van der Waals surface area (Å²) in [6.45, 7) is 0.819. The van der Waals surface area contributed by atoms with Gasteiger partial charge in [0.1, 0.15) is 4.87 Å². The van der Waals surface area contributed by atoms with Crippen molar-refractivity contribution in [1.82, 2.24) is 9.88 Å². The van der Waals surface area contributed by atoms with Gasteiger partial charge in [-0.25, -0.2) is 0 Å². The molecule has 0 aliphatic carbocycles.